The zero-order chi connectivity index (χ0) is 18.8. The second kappa shape index (κ2) is 7.11. The number of benzene rings is 2. The minimum atomic E-state index is -0.132. The zero-order valence-corrected chi connectivity index (χ0v) is 15.2. The van der Waals surface area contributed by atoms with E-state index in [9.17, 15) is 4.79 Å². The molecule has 0 radical (unpaired) electrons. The number of nitrogens with zero attached hydrogens (tertiary/aromatic N) is 3. The number of aromatic nitrogens is 3. The van der Waals surface area contributed by atoms with Gasteiger partial charge in [0.15, 0.2) is 11.5 Å². The molecule has 1 N–H and O–H groups in total. The van der Waals surface area contributed by atoms with Crippen LogP contribution in [0.15, 0.2) is 49.1 Å². The number of rotatable bonds is 5. The first-order chi connectivity index (χ1) is 13.2. The lowest BCUT2D eigenvalue weighted by Crippen LogP contribution is -2.28. The molecule has 0 saturated carbocycles. The molecule has 27 heavy (non-hydrogen) atoms. The van der Waals surface area contributed by atoms with Crippen LogP contribution in [-0.2, 0) is 6.42 Å². The van der Waals surface area contributed by atoms with Gasteiger partial charge in [-0.15, -0.1) is 10.2 Å². The number of hydrogen-bond donors (Lipinski definition) is 1. The number of fused-ring (bicyclic) bond motifs is 1. The third kappa shape index (κ3) is 3.12. The number of carbonyl (C=O) groups excluding carboxylic acids is 1. The SMILES string of the molecule is COc1cc2c(cc1OC)[C@@H](NC(=O)c1ccccc1-n1cnnc1)CC2. The van der Waals surface area contributed by atoms with Crippen molar-refractivity contribution in [3.63, 3.8) is 0 Å². The first kappa shape index (κ1) is 17.1. The fraction of sp³-hybridized carbons (Fsp3) is 0.250. The van der Waals surface area contributed by atoms with E-state index in [4.69, 9.17) is 9.47 Å². The molecule has 2 aromatic carbocycles. The van der Waals surface area contributed by atoms with Crippen LogP contribution < -0.4 is 14.8 Å². The molecule has 1 aliphatic carbocycles. The Morgan fingerprint density at radius 2 is 1.81 bits per heavy atom. The quantitative estimate of drug-likeness (QED) is 0.753. The maximum atomic E-state index is 13.0. The molecule has 7 nitrogen and oxygen atoms in total. The van der Waals surface area contributed by atoms with Gasteiger partial charge in [0.2, 0.25) is 0 Å². The maximum Gasteiger partial charge on any atom is 0.253 e. The van der Waals surface area contributed by atoms with Gasteiger partial charge in [-0.2, -0.15) is 0 Å². The van der Waals surface area contributed by atoms with Crippen LogP contribution in [0.5, 0.6) is 11.5 Å². The number of ether oxygens (including phenoxy) is 2. The third-order valence-electron chi connectivity index (χ3n) is 4.87. The van der Waals surface area contributed by atoms with Gasteiger partial charge in [-0.05, 0) is 48.2 Å². The van der Waals surface area contributed by atoms with E-state index in [0.717, 1.165) is 24.1 Å². The van der Waals surface area contributed by atoms with E-state index in [0.29, 0.717) is 17.1 Å². The lowest BCUT2D eigenvalue weighted by molar-refractivity contribution is 0.0936. The topological polar surface area (TPSA) is 78.3 Å². The second-order valence-corrected chi connectivity index (χ2v) is 6.36. The van der Waals surface area contributed by atoms with Crippen molar-refractivity contribution < 1.29 is 14.3 Å². The van der Waals surface area contributed by atoms with Crippen molar-refractivity contribution >= 4 is 5.91 Å². The van der Waals surface area contributed by atoms with Crippen molar-refractivity contribution in [2.45, 2.75) is 18.9 Å². The van der Waals surface area contributed by atoms with Crippen LogP contribution in [0.1, 0.15) is 33.9 Å². The Bertz CT molecular complexity index is 969. The Labute approximate surface area is 156 Å². The van der Waals surface area contributed by atoms with Crippen LogP contribution in [-0.4, -0.2) is 34.9 Å². The summed E-state index contributed by atoms with van der Waals surface area (Å²) < 4.78 is 12.5. The summed E-state index contributed by atoms with van der Waals surface area (Å²) in [7, 11) is 3.24. The molecule has 0 spiro atoms. The van der Waals surface area contributed by atoms with Crippen LogP contribution in [0, 0.1) is 0 Å². The Balaban J connectivity index is 1.62. The van der Waals surface area contributed by atoms with Crippen molar-refractivity contribution in [2.24, 2.45) is 0 Å². The van der Waals surface area contributed by atoms with Crippen LogP contribution in [0.25, 0.3) is 5.69 Å². The monoisotopic (exact) mass is 364 g/mol. The number of aryl methyl sites for hydroxylation is 1. The second-order valence-electron chi connectivity index (χ2n) is 6.36. The standard InChI is InChI=1S/C20H20N4O3/c1-26-18-9-13-7-8-16(15(13)10-19(18)27-2)23-20(25)14-5-3-4-6-17(14)24-11-21-22-12-24/h3-6,9-12,16H,7-8H2,1-2H3,(H,23,25)/t16-/m0/s1. The fourth-order valence-corrected chi connectivity index (χ4v) is 3.53. The molecule has 1 heterocycles. The van der Waals surface area contributed by atoms with E-state index in [-0.39, 0.29) is 11.9 Å². The highest BCUT2D eigenvalue weighted by Gasteiger charge is 2.27. The molecule has 0 saturated heterocycles. The Hall–Kier alpha value is -3.35. The number of hydrogen-bond acceptors (Lipinski definition) is 5. The van der Waals surface area contributed by atoms with Gasteiger partial charge in [0.1, 0.15) is 12.7 Å². The maximum absolute atomic E-state index is 13.0. The Kier molecular flexibility index (Phi) is 4.50. The molecule has 0 fully saturated rings. The first-order valence-corrected chi connectivity index (χ1v) is 8.71. The highest BCUT2D eigenvalue weighted by Crippen LogP contribution is 2.39. The molecule has 0 aliphatic heterocycles. The molecule has 4 rings (SSSR count). The normalized spacial score (nSPS) is 15.3. The van der Waals surface area contributed by atoms with Crippen molar-refractivity contribution in [2.75, 3.05) is 14.2 Å². The lowest BCUT2D eigenvalue weighted by Gasteiger charge is -2.17. The van der Waals surface area contributed by atoms with Crippen molar-refractivity contribution in [3.05, 3.63) is 65.7 Å². The Morgan fingerprint density at radius 1 is 1.11 bits per heavy atom. The van der Waals surface area contributed by atoms with Gasteiger partial charge in [-0.3, -0.25) is 9.36 Å². The predicted octanol–water partition coefficient (Wildman–Crippen LogP) is 2.70. The Morgan fingerprint density at radius 3 is 2.56 bits per heavy atom. The predicted molar refractivity (Wildman–Crippen MR) is 99.4 cm³/mol. The molecular weight excluding hydrogens is 344 g/mol. The molecule has 7 heteroatoms. The molecule has 138 valence electrons. The number of methoxy groups -OCH3 is 2. The molecule has 3 aromatic rings. The highest BCUT2D eigenvalue weighted by atomic mass is 16.5. The smallest absolute Gasteiger partial charge is 0.253 e. The summed E-state index contributed by atoms with van der Waals surface area (Å²) in [5.41, 5.74) is 3.56. The molecule has 1 aliphatic rings. The summed E-state index contributed by atoms with van der Waals surface area (Å²) in [4.78, 5) is 13.0. The fourth-order valence-electron chi connectivity index (χ4n) is 3.53. The first-order valence-electron chi connectivity index (χ1n) is 8.71. The zero-order valence-electron chi connectivity index (χ0n) is 15.2. The van der Waals surface area contributed by atoms with Gasteiger partial charge in [0.05, 0.1) is 31.5 Å². The lowest BCUT2D eigenvalue weighted by atomic mass is 10.1. The molecule has 0 unspecified atom stereocenters. The number of nitrogens with one attached hydrogen (secondary N) is 1. The number of carbonyl (C=O) groups is 1. The summed E-state index contributed by atoms with van der Waals surface area (Å²) in [6.07, 6.45) is 4.88. The van der Waals surface area contributed by atoms with Crippen molar-refractivity contribution in [3.8, 4) is 17.2 Å². The van der Waals surface area contributed by atoms with Gasteiger partial charge in [-0.1, -0.05) is 12.1 Å². The van der Waals surface area contributed by atoms with Gasteiger partial charge in [-0.25, -0.2) is 0 Å². The minimum absolute atomic E-state index is 0.0683. The van der Waals surface area contributed by atoms with Crippen molar-refractivity contribution in [1.29, 1.82) is 0 Å². The average molecular weight is 364 g/mol. The average Bonchev–Trinajstić information content (AvgIpc) is 3.37. The molecule has 1 aromatic heterocycles. The van der Waals surface area contributed by atoms with Gasteiger partial charge >= 0.3 is 0 Å². The van der Waals surface area contributed by atoms with E-state index in [1.165, 1.54) is 5.56 Å². The van der Waals surface area contributed by atoms with Gasteiger partial charge < -0.3 is 14.8 Å². The van der Waals surface area contributed by atoms with Crippen molar-refractivity contribution in [1.82, 2.24) is 20.1 Å². The van der Waals surface area contributed by atoms with Crippen LogP contribution in [0.2, 0.25) is 0 Å². The third-order valence-corrected chi connectivity index (χ3v) is 4.87. The summed E-state index contributed by atoms with van der Waals surface area (Å²) >= 11 is 0. The molecule has 1 atom stereocenters. The number of para-hydroxylation sites is 1. The summed E-state index contributed by atoms with van der Waals surface area (Å²) in [5.74, 6) is 1.25. The van der Waals surface area contributed by atoms with Gasteiger partial charge in [0, 0.05) is 0 Å². The van der Waals surface area contributed by atoms with Crippen LogP contribution in [0.4, 0.5) is 0 Å². The minimum Gasteiger partial charge on any atom is -0.493 e. The molecule has 0 bridgehead atoms. The van der Waals surface area contributed by atoms with Gasteiger partial charge in [0.25, 0.3) is 5.91 Å². The molecular formula is C20H20N4O3. The molecule has 1 amide bonds. The summed E-state index contributed by atoms with van der Waals surface area (Å²) in [5, 5.41) is 10.8. The van der Waals surface area contributed by atoms with E-state index in [1.54, 1.807) is 37.5 Å². The summed E-state index contributed by atoms with van der Waals surface area (Å²) in [6, 6.07) is 11.3. The largest absolute Gasteiger partial charge is 0.493 e. The number of amides is 1. The van der Waals surface area contributed by atoms with E-state index >= 15 is 0 Å². The van der Waals surface area contributed by atoms with Crippen LogP contribution >= 0.6 is 0 Å². The van der Waals surface area contributed by atoms with E-state index in [1.807, 2.05) is 30.3 Å². The van der Waals surface area contributed by atoms with Crippen LogP contribution in [0.3, 0.4) is 0 Å². The highest BCUT2D eigenvalue weighted by molar-refractivity contribution is 5.98. The van der Waals surface area contributed by atoms with E-state index < -0.39 is 0 Å². The van der Waals surface area contributed by atoms with E-state index in [2.05, 4.69) is 15.5 Å². The summed E-state index contributed by atoms with van der Waals surface area (Å²) in [6.45, 7) is 0.